The topological polar surface area (TPSA) is 38.4 Å². The zero-order valence-electron chi connectivity index (χ0n) is 32.2. The number of amidine groups is 1. The Kier molecular flexibility index (Phi) is 8.42. The first kappa shape index (κ1) is 34.5. The molecule has 0 amide bonds. The van der Waals surface area contributed by atoms with E-state index in [1.54, 1.807) is 0 Å². The number of benzene rings is 9. The summed E-state index contributed by atoms with van der Waals surface area (Å²) in [6.07, 6.45) is 2.94. The van der Waals surface area contributed by atoms with Crippen molar-refractivity contribution in [1.82, 2.24) is 0 Å². The summed E-state index contributed by atoms with van der Waals surface area (Å²) >= 11 is 0. The molecule has 9 aromatic carbocycles. The number of nitrogens with two attached hydrogens (primary N) is 1. The summed E-state index contributed by atoms with van der Waals surface area (Å²) in [5.41, 5.74) is 21.2. The predicted octanol–water partition coefficient (Wildman–Crippen LogP) is 13.8. The second kappa shape index (κ2) is 13.9. The average molecular weight is 731 g/mol. The first-order chi connectivity index (χ1) is 28.0. The average Bonchev–Trinajstić information content (AvgIpc) is 3.51. The van der Waals surface area contributed by atoms with E-state index in [9.17, 15) is 0 Å². The van der Waals surface area contributed by atoms with E-state index in [-0.39, 0.29) is 5.41 Å². The Balaban J connectivity index is 1.13. The molecular weight excluding hydrogens is 689 g/mol. The number of hydrogen-bond acceptors (Lipinski definition) is 1. The van der Waals surface area contributed by atoms with Gasteiger partial charge in [0.05, 0.1) is 5.70 Å². The monoisotopic (exact) mass is 730 g/mol. The van der Waals surface area contributed by atoms with Crippen molar-refractivity contribution >= 4 is 43.9 Å². The van der Waals surface area contributed by atoms with Gasteiger partial charge in [-0.15, -0.1) is 0 Å². The van der Waals surface area contributed by atoms with Crippen LogP contribution in [-0.4, -0.2) is 5.84 Å². The minimum Gasteiger partial charge on any atom is -0.383 e. The van der Waals surface area contributed by atoms with E-state index in [0.29, 0.717) is 12.3 Å². The molecule has 0 aliphatic heterocycles. The second-order valence-corrected chi connectivity index (χ2v) is 15.6. The quantitative estimate of drug-likeness (QED) is 0.129. The van der Waals surface area contributed by atoms with E-state index in [2.05, 4.69) is 208 Å². The lowest BCUT2D eigenvalue weighted by Crippen LogP contribution is -2.15. The van der Waals surface area contributed by atoms with Crippen molar-refractivity contribution in [3.8, 4) is 33.4 Å². The van der Waals surface area contributed by atoms with Crippen molar-refractivity contribution in [1.29, 1.82) is 0 Å². The van der Waals surface area contributed by atoms with Crippen molar-refractivity contribution in [3.63, 3.8) is 0 Å². The molecule has 57 heavy (non-hydrogen) atoms. The first-order valence-electron chi connectivity index (χ1n) is 19.8. The second-order valence-electron chi connectivity index (χ2n) is 15.6. The number of aliphatic imine (C=N–C) groups is 1. The molecule has 0 heterocycles. The highest BCUT2D eigenvalue weighted by atomic mass is 14.9. The lowest BCUT2D eigenvalue weighted by molar-refractivity contribution is 0.666. The Morgan fingerprint density at radius 1 is 0.491 bits per heavy atom. The number of rotatable bonds is 7. The van der Waals surface area contributed by atoms with Gasteiger partial charge in [0.2, 0.25) is 0 Å². The fourth-order valence-corrected chi connectivity index (χ4v) is 9.17. The maximum atomic E-state index is 7.00. The SMILES string of the molecule is CC1(C)c2cccc(-c3ccc(/C(=C/Cc4ccc(-c5ccccc5)cc4)N=C(N)c4cccc5ccccc45)c4ccccc34)c2-c2ccc3ccccc3c21. The van der Waals surface area contributed by atoms with Crippen LogP contribution in [0.2, 0.25) is 0 Å². The number of allylic oxidation sites excluding steroid dienone is 1. The van der Waals surface area contributed by atoms with Crippen LogP contribution in [0.1, 0.15) is 41.7 Å². The molecule has 9 aromatic rings. The Morgan fingerprint density at radius 2 is 1.11 bits per heavy atom. The smallest absolute Gasteiger partial charge is 0.131 e. The van der Waals surface area contributed by atoms with Crippen LogP contribution < -0.4 is 5.73 Å². The lowest BCUT2D eigenvalue weighted by Gasteiger charge is -2.23. The Bertz CT molecular complexity index is 3050. The van der Waals surface area contributed by atoms with Gasteiger partial charge in [-0.1, -0.05) is 208 Å². The van der Waals surface area contributed by atoms with Crippen LogP contribution in [0.5, 0.6) is 0 Å². The Morgan fingerprint density at radius 3 is 1.89 bits per heavy atom. The molecule has 272 valence electrons. The van der Waals surface area contributed by atoms with Gasteiger partial charge in [0.1, 0.15) is 5.84 Å². The van der Waals surface area contributed by atoms with Crippen LogP contribution in [0.15, 0.2) is 199 Å². The summed E-state index contributed by atoms with van der Waals surface area (Å²) in [6.45, 7) is 4.75. The highest BCUT2D eigenvalue weighted by molar-refractivity contribution is 6.12. The molecule has 0 bridgehead atoms. The molecule has 0 spiro atoms. The van der Waals surface area contributed by atoms with Crippen LogP contribution >= 0.6 is 0 Å². The summed E-state index contributed by atoms with van der Waals surface area (Å²) < 4.78 is 0. The van der Waals surface area contributed by atoms with Crippen LogP contribution in [-0.2, 0) is 11.8 Å². The first-order valence-corrected chi connectivity index (χ1v) is 19.8. The van der Waals surface area contributed by atoms with Crippen molar-refractivity contribution < 1.29 is 0 Å². The van der Waals surface area contributed by atoms with Crippen LogP contribution in [0.3, 0.4) is 0 Å². The van der Waals surface area contributed by atoms with Crippen molar-refractivity contribution in [3.05, 3.63) is 222 Å². The molecule has 0 radical (unpaired) electrons. The lowest BCUT2D eigenvalue weighted by atomic mass is 9.80. The van der Waals surface area contributed by atoms with E-state index in [1.807, 2.05) is 0 Å². The van der Waals surface area contributed by atoms with Gasteiger partial charge in [0.15, 0.2) is 0 Å². The number of hydrogen-bond donors (Lipinski definition) is 1. The molecule has 0 unspecified atom stereocenters. The van der Waals surface area contributed by atoms with Gasteiger partial charge in [-0.25, -0.2) is 4.99 Å². The van der Waals surface area contributed by atoms with E-state index in [0.717, 1.165) is 33.0 Å². The third-order valence-corrected chi connectivity index (χ3v) is 12.0. The van der Waals surface area contributed by atoms with Crippen molar-refractivity contribution in [2.45, 2.75) is 25.7 Å². The highest BCUT2D eigenvalue weighted by Crippen LogP contribution is 2.55. The van der Waals surface area contributed by atoms with Gasteiger partial charge in [-0.2, -0.15) is 0 Å². The highest BCUT2D eigenvalue weighted by Gasteiger charge is 2.38. The third kappa shape index (κ3) is 5.93. The van der Waals surface area contributed by atoms with Crippen LogP contribution in [0.4, 0.5) is 0 Å². The summed E-state index contributed by atoms with van der Waals surface area (Å²) in [7, 11) is 0. The maximum absolute atomic E-state index is 7.00. The number of nitrogens with zero attached hydrogens (tertiary/aromatic N) is 1. The molecule has 0 saturated carbocycles. The molecule has 2 N–H and O–H groups in total. The molecule has 0 atom stereocenters. The minimum atomic E-state index is -0.139. The Labute approximate surface area is 334 Å². The fraction of sp³-hybridized carbons (Fsp3) is 0.0727. The molecule has 2 heteroatoms. The van der Waals surface area contributed by atoms with Gasteiger partial charge in [0.25, 0.3) is 0 Å². The van der Waals surface area contributed by atoms with Gasteiger partial charge < -0.3 is 5.73 Å². The third-order valence-electron chi connectivity index (χ3n) is 12.0. The van der Waals surface area contributed by atoms with Crippen LogP contribution in [0, 0.1) is 0 Å². The fourth-order valence-electron chi connectivity index (χ4n) is 9.17. The van der Waals surface area contributed by atoms with Gasteiger partial charge in [-0.05, 0) is 88.8 Å². The molecule has 10 rings (SSSR count). The summed E-state index contributed by atoms with van der Waals surface area (Å²) in [6, 6.07) is 67.6. The normalized spacial score (nSPS) is 13.6. The standard InChI is InChI=1S/C55H42N2/c1-55(2)50-25-13-23-47(52(50)49-32-31-40-17-7-9-20-42(40)53(49)55)45-33-34-46(44-22-11-10-21-43(44)45)51(57-54(56)48-24-12-18-39-16-6-8-19-41(39)48)35-28-36-26-29-38(30-27-36)37-14-4-3-5-15-37/h3-27,29-35H,28H2,1-2H3,(H2,56,57)/b51-35-. The summed E-state index contributed by atoms with van der Waals surface area (Å²) in [4.78, 5) is 5.29. The largest absolute Gasteiger partial charge is 0.383 e. The van der Waals surface area contributed by atoms with Crippen LogP contribution in [0.25, 0.3) is 71.4 Å². The Hall–Kier alpha value is -7.03. The molecular formula is C55H42N2. The van der Waals surface area contributed by atoms with E-state index >= 15 is 0 Å². The summed E-state index contributed by atoms with van der Waals surface area (Å²) in [5, 5.41) is 7.17. The molecule has 2 nitrogen and oxygen atoms in total. The molecule has 0 fully saturated rings. The van der Waals surface area contributed by atoms with Crippen molar-refractivity contribution in [2.75, 3.05) is 0 Å². The molecule has 0 saturated heterocycles. The minimum absolute atomic E-state index is 0.139. The number of fused-ring (bicyclic) bond motifs is 7. The molecule has 0 aromatic heterocycles. The van der Waals surface area contributed by atoms with Crippen molar-refractivity contribution in [2.24, 2.45) is 10.7 Å². The zero-order valence-corrected chi connectivity index (χ0v) is 32.2. The maximum Gasteiger partial charge on any atom is 0.131 e. The van der Waals surface area contributed by atoms with E-state index in [4.69, 9.17) is 10.7 Å². The van der Waals surface area contributed by atoms with E-state index in [1.165, 1.54) is 66.2 Å². The molecule has 1 aliphatic rings. The van der Waals surface area contributed by atoms with E-state index < -0.39 is 0 Å². The zero-order chi connectivity index (χ0) is 38.5. The van der Waals surface area contributed by atoms with Gasteiger partial charge >= 0.3 is 0 Å². The van der Waals surface area contributed by atoms with Gasteiger partial charge in [0, 0.05) is 16.5 Å². The van der Waals surface area contributed by atoms with Gasteiger partial charge in [-0.3, -0.25) is 0 Å². The summed E-state index contributed by atoms with van der Waals surface area (Å²) in [5.74, 6) is 0.498. The molecule has 1 aliphatic carbocycles. The predicted molar refractivity (Wildman–Crippen MR) is 243 cm³/mol.